The fourth-order valence-electron chi connectivity index (χ4n) is 4.42. The van der Waals surface area contributed by atoms with Crippen LogP contribution in [0.3, 0.4) is 0 Å². The molecule has 5 nitrogen and oxygen atoms in total. The predicted octanol–water partition coefficient (Wildman–Crippen LogP) is 5.12. The first-order valence-electron chi connectivity index (χ1n) is 10.4. The van der Waals surface area contributed by atoms with Gasteiger partial charge in [0.25, 0.3) is 0 Å². The van der Waals surface area contributed by atoms with Gasteiger partial charge in [-0.2, -0.15) is 13.2 Å². The van der Waals surface area contributed by atoms with Crippen molar-refractivity contribution in [3.63, 3.8) is 0 Å². The number of anilines is 1. The summed E-state index contributed by atoms with van der Waals surface area (Å²) in [5.41, 5.74) is 0.571. The monoisotopic (exact) mass is 424 g/mol. The zero-order valence-corrected chi connectivity index (χ0v) is 16.5. The number of carbonyl (C=O) groups excluding carboxylic acids is 1. The number of aromatic nitrogens is 3. The van der Waals surface area contributed by atoms with Crippen molar-refractivity contribution < 1.29 is 22.4 Å². The van der Waals surface area contributed by atoms with Gasteiger partial charge in [0.05, 0.1) is 11.6 Å². The number of hydrogen-bond donors (Lipinski definition) is 1. The quantitative estimate of drug-likeness (QED) is 0.696. The molecule has 1 aromatic carbocycles. The molecular formula is C21H24F4N4O. The third-order valence-electron chi connectivity index (χ3n) is 6.10. The number of rotatable bonds is 3. The lowest BCUT2D eigenvalue weighted by molar-refractivity contribution is -0.185. The number of benzene rings is 1. The third-order valence-corrected chi connectivity index (χ3v) is 6.10. The number of nitrogens with one attached hydrogen (secondary N) is 1. The summed E-state index contributed by atoms with van der Waals surface area (Å²) < 4.78 is 55.5. The van der Waals surface area contributed by atoms with Crippen molar-refractivity contribution in [2.75, 3.05) is 5.32 Å². The summed E-state index contributed by atoms with van der Waals surface area (Å²) in [5, 5.41) is 11.0. The first-order valence-corrected chi connectivity index (χ1v) is 10.4. The summed E-state index contributed by atoms with van der Waals surface area (Å²) in [5.74, 6) is -1.97. The summed E-state index contributed by atoms with van der Waals surface area (Å²) in [7, 11) is 0. The highest BCUT2D eigenvalue weighted by Gasteiger charge is 2.43. The molecule has 0 saturated heterocycles. The van der Waals surface area contributed by atoms with Crippen LogP contribution >= 0.6 is 0 Å². The Bertz CT molecular complexity index is 924. The number of halogens is 4. The molecule has 1 amide bonds. The Balaban J connectivity index is 1.53. The van der Waals surface area contributed by atoms with Gasteiger partial charge in [-0.15, -0.1) is 10.2 Å². The molecule has 2 unspecified atom stereocenters. The van der Waals surface area contributed by atoms with Crippen molar-refractivity contribution in [2.45, 2.75) is 64.1 Å². The van der Waals surface area contributed by atoms with Gasteiger partial charge in [-0.25, -0.2) is 4.39 Å². The Morgan fingerprint density at radius 3 is 2.73 bits per heavy atom. The molecule has 2 aromatic rings. The zero-order valence-electron chi connectivity index (χ0n) is 16.5. The second-order valence-corrected chi connectivity index (χ2v) is 8.19. The first-order chi connectivity index (χ1) is 14.3. The maximum Gasteiger partial charge on any atom is 0.391 e. The van der Waals surface area contributed by atoms with Crippen LogP contribution in [0.4, 0.5) is 23.2 Å². The second-order valence-electron chi connectivity index (χ2n) is 8.19. The van der Waals surface area contributed by atoms with Gasteiger partial charge in [0.2, 0.25) is 5.91 Å². The molecule has 1 N–H and O–H groups in total. The van der Waals surface area contributed by atoms with Crippen LogP contribution in [0.2, 0.25) is 0 Å². The lowest BCUT2D eigenvalue weighted by Crippen LogP contribution is -2.34. The van der Waals surface area contributed by atoms with Crippen LogP contribution < -0.4 is 5.32 Å². The molecule has 0 bridgehead atoms. The number of hydrogen-bond acceptors (Lipinski definition) is 3. The number of aryl methyl sites for hydroxylation is 1. The third kappa shape index (κ3) is 4.34. The summed E-state index contributed by atoms with van der Waals surface area (Å²) in [6, 6.07) is 4.30. The number of carbonyl (C=O) groups is 1. The van der Waals surface area contributed by atoms with Crippen molar-refractivity contribution >= 4 is 11.6 Å². The second kappa shape index (κ2) is 8.35. The summed E-state index contributed by atoms with van der Waals surface area (Å²) in [4.78, 5) is 12.6. The molecule has 2 heterocycles. The van der Waals surface area contributed by atoms with Gasteiger partial charge < -0.3 is 9.88 Å². The van der Waals surface area contributed by atoms with E-state index < -0.39 is 29.7 Å². The van der Waals surface area contributed by atoms with Gasteiger partial charge in [-0.1, -0.05) is 12.8 Å². The van der Waals surface area contributed by atoms with E-state index in [2.05, 4.69) is 15.5 Å². The standard InChI is InChI=1S/C21H24F4N4O/c22-16-9-8-13(19-28-27-18-7-2-1-3-10-29(18)19)12-17(16)26-20(30)14-5-4-6-15(11-14)21(23,24)25/h8-9,12,14-15H,1-7,10-11H2,(H,26,30). The van der Waals surface area contributed by atoms with E-state index in [0.29, 0.717) is 24.2 Å². The summed E-state index contributed by atoms with van der Waals surface area (Å²) in [6.07, 6.45) is 0.162. The molecule has 1 fully saturated rings. The van der Waals surface area contributed by atoms with Crippen molar-refractivity contribution in [1.82, 2.24) is 14.8 Å². The SMILES string of the molecule is O=C(Nc1cc(-c2nnc3n2CCCCC3)ccc1F)C1CCCC(C(F)(F)F)C1. The molecule has 0 spiro atoms. The normalized spacial score (nSPS) is 22.3. The van der Waals surface area contributed by atoms with Gasteiger partial charge in [0.1, 0.15) is 11.6 Å². The van der Waals surface area contributed by atoms with Crippen LogP contribution in [-0.2, 0) is 17.8 Å². The number of nitrogens with zero attached hydrogens (tertiary/aromatic N) is 3. The fraction of sp³-hybridized carbons (Fsp3) is 0.571. The molecule has 1 aromatic heterocycles. The molecular weight excluding hydrogens is 400 g/mol. The molecule has 2 atom stereocenters. The van der Waals surface area contributed by atoms with Crippen LogP contribution in [0.1, 0.15) is 50.8 Å². The van der Waals surface area contributed by atoms with Gasteiger partial charge in [-0.05, 0) is 50.3 Å². The number of fused-ring (bicyclic) bond motifs is 1. The number of alkyl halides is 3. The minimum atomic E-state index is -4.31. The molecule has 30 heavy (non-hydrogen) atoms. The number of amides is 1. The van der Waals surface area contributed by atoms with Gasteiger partial charge in [-0.3, -0.25) is 4.79 Å². The molecule has 0 radical (unpaired) electrons. The van der Waals surface area contributed by atoms with Crippen LogP contribution in [0.5, 0.6) is 0 Å². The van der Waals surface area contributed by atoms with Gasteiger partial charge >= 0.3 is 6.18 Å². The van der Waals surface area contributed by atoms with Crippen LogP contribution in [0, 0.1) is 17.7 Å². The van der Waals surface area contributed by atoms with E-state index in [1.807, 2.05) is 4.57 Å². The van der Waals surface area contributed by atoms with E-state index >= 15 is 0 Å². The smallest absolute Gasteiger partial charge is 0.323 e. The van der Waals surface area contributed by atoms with E-state index in [-0.39, 0.29) is 18.5 Å². The predicted molar refractivity (Wildman–Crippen MR) is 103 cm³/mol. The van der Waals surface area contributed by atoms with Crippen molar-refractivity contribution in [3.8, 4) is 11.4 Å². The Morgan fingerprint density at radius 1 is 1.10 bits per heavy atom. The Hall–Kier alpha value is -2.45. The van der Waals surface area contributed by atoms with E-state index in [1.165, 1.54) is 12.1 Å². The highest BCUT2D eigenvalue weighted by molar-refractivity contribution is 5.93. The van der Waals surface area contributed by atoms with E-state index in [4.69, 9.17) is 0 Å². The van der Waals surface area contributed by atoms with E-state index in [1.54, 1.807) is 6.07 Å². The Labute approximate surface area is 171 Å². The molecule has 9 heteroatoms. The van der Waals surface area contributed by atoms with Crippen molar-refractivity contribution in [1.29, 1.82) is 0 Å². The van der Waals surface area contributed by atoms with Crippen molar-refractivity contribution in [2.24, 2.45) is 11.8 Å². The lowest BCUT2D eigenvalue weighted by atomic mass is 9.80. The molecule has 2 aliphatic rings. The van der Waals surface area contributed by atoms with Gasteiger partial charge in [0.15, 0.2) is 5.82 Å². The van der Waals surface area contributed by atoms with E-state index in [0.717, 1.165) is 38.1 Å². The molecule has 1 saturated carbocycles. The topological polar surface area (TPSA) is 59.8 Å². The highest BCUT2D eigenvalue weighted by atomic mass is 19.4. The maximum absolute atomic E-state index is 14.4. The average Bonchev–Trinajstić information content (AvgIpc) is 2.97. The first kappa shape index (κ1) is 20.8. The Kier molecular flexibility index (Phi) is 5.79. The molecule has 1 aliphatic heterocycles. The fourth-order valence-corrected chi connectivity index (χ4v) is 4.42. The van der Waals surface area contributed by atoms with Crippen LogP contribution in [0.15, 0.2) is 18.2 Å². The molecule has 162 valence electrons. The minimum Gasteiger partial charge on any atom is -0.323 e. The van der Waals surface area contributed by atoms with Crippen LogP contribution in [0.25, 0.3) is 11.4 Å². The van der Waals surface area contributed by atoms with E-state index in [9.17, 15) is 22.4 Å². The maximum atomic E-state index is 14.4. The largest absolute Gasteiger partial charge is 0.391 e. The minimum absolute atomic E-state index is 0.0368. The van der Waals surface area contributed by atoms with Crippen molar-refractivity contribution in [3.05, 3.63) is 29.8 Å². The summed E-state index contributed by atoms with van der Waals surface area (Å²) in [6.45, 7) is 0.775. The Morgan fingerprint density at radius 2 is 1.93 bits per heavy atom. The van der Waals surface area contributed by atoms with Gasteiger partial charge in [0, 0.05) is 24.4 Å². The summed E-state index contributed by atoms with van der Waals surface area (Å²) >= 11 is 0. The molecule has 1 aliphatic carbocycles. The average molecular weight is 424 g/mol. The highest BCUT2D eigenvalue weighted by Crippen LogP contribution is 2.40. The van der Waals surface area contributed by atoms with Crippen LogP contribution in [-0.4, -0.2) is 26.8 Å². The lowest BCUT2D eigenvalue weighted by Gasteiger charge is -2.29. The zero-order chi connectivity index (χ0) is 21.3. The molecule has 4 rings (SSSR count).